The summed E-state index contributed by atoms with van der Waals surface area (Å²) >= 11 is 11.5. The largest absolute Gasteiger partial charge is 0.352 e. The maximum atomic E-state index is 13.4. The number of hydrogen-bond acceptors (Lipinski definition) is 2. The van der Waals surface area contributed by atoms with Crippen LogP contribution in [0.2, 0.25) is 10.0 Å². The molecule has 1 aromatic heterocycles. The summed E-state index contributed by atoms with van der Waals surface area (Å²) in [6.07, 6.45) is 5.26. The van der Waals surface area contributed by atoms with Gasteiger partial charge in [-0.25, -0.2) is 9.37 Å². The number of aromatic nitrogens is 2. The number of carbonyl (C=O) groups is 1. The van der Waals surface area contributed by atoms with Crippen LogP contribution in [0.5, 0.6) is 0 Å². The number of hydrogen-bond donors (Lipinski definition) is 1. The topological polar surface area (TPSA) is 46.9 Å². The molecule has 0 aliphatic rings. The van der Waals surface area contributed by atoms with Crippen molar-refractivity contribution in [1.82, 2.24) is 14.9 Å². The van der Waals surface area contributed by atoms with Crippen molar-refractivity contribution < 1.29 is 9.18 Å². The molecular weight excluding hydrogens is 316 g/mol. The van der Waals surface area contributed by atoms with Crippen LogP contribution in [-0.2, 0) is 6.54 Å². The lowest BCUT2D eigenvalue weighted by atomic mass is 10.1. The monoisotopic (exact) mass is 329 g/mol. The van der Waals surface area contributed by atoms with E-state index in [1.54, 1.807) is 12.5 Å². The van der Waals surface area contributed by atoms with E-state index in [0.717, 1.165) is 12.6 Å². The molecule has 0 radical (unpaired) electrons. The normalized spacial score (nSPS) is 12.2. The van der Waals surface area contributed by atoms with Gasteiger partial charge in [0.2, 0.25) is 0 Å². The standard InChI is InChI=1S/C14H14Cl2FN3O/c1-9(7-20-3-2-18-8-20)6-19-14(21)10-4-13(17)12(16)5-11(10)15/h2-5,8-9H,6-7H2,1H3,(H,19,21)/t9-/m0/s1. The average molecular weight is 330 g/mol. The molecule has 112 valence electrons. The Morgan fingerprint density at radius 1 is 1.43 bits per heavy atom. The second-order valence-electron chi connectivity index (χ2n) is 4.82. The molecule has 1 amide bonds. The SMILES string of the molecule is C[C@@H](CNC(=O)c1cc(F)c(Cl)cc1Cl)Cn1ccnc1. The Bertz CT molecular complexity index is 631. The summed E-state index contributed by atoms with van der Waals surface area (Å²) in [6, 6.07) is 2.27. The fraction of sp³-hybridized carbons (Fsp3) is 0.286. The van der Waals surface area contributed by atoms with Gasteiger partial charge in [-0.1, -0.05) is 30.1 Å². The Morgan fingerprint density at radius 3 is 2.86 bits per heavy atom. The van der Waals surface area contributed by atoms with E-state index < -0.39 is 11.7 Å². The lowest BCUT2D eigenvalue weighted by molar-refractivity contribution is 0.0946. The van der Waals surface area contributed by atoms with Gasteiger partial charge in [0.25, 0.3) is 5.91 Å². The summed E-state index contributed by atoms with van der Waals surface area (Å²) in [6.45, 7) is 3.16. The minimum atomic E-state index is -0.669. The highest BCUT2D eigenvalue weighted by Crippen LogP contribution is 2.24. The lowest BCUT2D eigenvalue weighted by Crippen LogP contribution is -2.30. The third-order valence-electron chi connectivity index (χ3n) is 2.95. The van der Waals surface area contributed by atoms with Crippen LogP contribution >= 0.6 is 23.2 Å². The maximum absolute atomic E-state index is 13.4. The first-order valence-electron chi connectivity index (χ1n) is 6.36. The van der Waals surface area contributed by atoms with Crippen LogP contribution in [0.15, 0.2) is 30.9 Å². The predicted octanol–water partition coefficient (Wildman–Crippen LogP) is 3.40. The van der Waals surface area contributed by atoms with Crippen molar-refractivity contribution in [3.63, 3.8) is 0 Å². The van der Waals surface area contributed by atoms with Crippen LogP contribution in [0.1, 0.15) is 17.3 Å². The molecule has 0 aliphatic carbocycles. The molecule has 0 bridgehead atoms. The molecule has 1 atom stereocenters. The van der Waals surface area contributed by atoms with Crippen molar-refractivity contribution in [1.29, 1.82) is 0 Å². The Labute approximate surface area is 131 Å². The summed E-state index contributed by atoms with van der Waals surface area (Å²) in [7, 11) is 0. The number of amides is 1. The second-order valence-corrected chi connectivity index (χ2v) is 5.64. The van der Waals surface area contributed by atoms with E-state index >= 15 is 0 Å². The van der Waals surface area contributed by atoms with Gasteiger partial charge in [0, 0.05) is 25.5 Å². The molecule has 0 spiro atoms. The highest BCUT2D eigenvalue weighted by molar-refractivity contribution is 6.36. The molecule has 21 heavy (non-hydrogen) atoms. The van der Waals surface area contributed by atoms with Crippen molar-refractivity contribution in [3.8, 4) is 0 Å². The third kappa shape index (κ3) is 4.19. The first-order valence-corrected chi connectivity index (χ1v) is 7.11. The molecule has 7 heteroatoms. The smallest absolute Gasteiger partial charge is 0.252 e. The highest BCUT2D eigenvalue weighted by Gasteiger charge is 2.15. The van der Waals surface area contributed by atoms with E-state index in [4.69, 9.17) is 23.2 Å². The highest BCUT2D eigenvalue weighted by atomic mass is 35.5. The van der Waals surface area contributed by atoms with Gasteiger partial charge in [0.15, 0.2) is 0 Å². The van der Waals surface area contributed by atoms with E-state index in [2.05, 4.69) is 10.3 Å². The molecule has 0 unspecified atom stereocenters. The van der Waals surface area contributed by atoms with Gasteiger partial charge in [0.05, 0.1) is 21.9 Å². The minimum Gasteiger partial charge on any atom is -0.352 e. The van der Waals surface area contributed by atoms with E-state index in [9.17, 15) is 9.18 Å². The zero-order valence-electron chi connectivity index (χ0n) is 11.3. The number of rotatable bonds is 5. The van der Waals surface area contributed by atoms with Gasteiger partial charge in [-0.2, -0.15) is 0 Å². The van der Waals surface area contributed by atoms with Crippen LogP contribution in [0.4, 0.5) is 4.39 Å². The van der Waals surface area contributed by atoms with Crippen molar-refractivity contribution in [2.24, 2.45) is 5.92 Å². The average Bonchev–Trinajstić information content (AvgIpc) is 2.93. The van der Waals surface area contributed by atoms with Crippen LogP contribution in [0.25, 0.3) is 0 Å². The van der Waals surface area contributed by atoms with E-state index in [1.807, 2.05) is 17.7 Å². The van der Waals surface area contributed by atoms with Crippen LogP contribution in [0, 0.1) is 11.7 Å². The molecular formula is C14H14Cl2FN3O. The van der Waals surface area contributed by atoms with E-state index in [-0.39, 0.29) is 21.5 Å². The van der Waals surface area contributed by atoms with Gasteiger partial charge in [0.1, 0.15) is 5.82 Å². The van der Waals surface area contributed by atoms with Gasteiger partial charge >= 0.3 is 0 Å². The van der Waals surface area contributed by atoms with Crippen LogP contribution < -0.4 is 5.32 Å². The Hall–Kier alpha value is -1.59. The van der Waals surface area contributed by atoms with Crippen molar-refractivity contribution >= 4 is 29.1 Å². The minimum absolute atomic E-state index is 0.0772. The number of halogens is 3. The zero-order chi connectivity index (χ0) is 15.4. The van der Waals surface area contributed by atoms with Gasteiger partial charge in [-0.15, -0.1) is 0 Å². The molecule has 2 rings (SSSR count). The Kier molecular flexibility index (Phi) is 5.20. The summed E-state index contributed by atoms with van der Waals surface area (Å²) in [5, 5.41) is 2.75. The molecule has 0 fully saturated rings. The molecule has 1 N–H and O–H groups in total. The molecule has 1 aromatic carbocycles. The van der Waals surface area contributed by atoms with Crippen molar-refractivity contribution in [2.45, 2.75) is 13.5 Å². The molecule has 0 saturated heterocycles. The maximum Gasteiger partial charge on any atom is 0.252 e. The van der Waals surface area contributed by atoms with Gasteiger partial charge < -0.3 is 9.88 Å². The van der Waals surface area contributed by atoms with Crippen LogP contribution in [0.3, 0.4) is 0 Å². The number of imidazole rings is 1. The van der Waals surface area contributed by atoms with Gasteiger partial charge in [-0.05, 0) is 18.1 Å². The van der Waals surface area contributed by atoms with Crippen LogP contribution in [-0.4, -0.2) is 22.0 Å². The zero-order valence-corrected chi connectivity index (χ0v) is 12.8. The first-order chi connectivity index (χ1) is 9.97. The summed E-state index contributed by atoms with van der Waals surface area (Å²) in [4.78, 5) is 16.0. The van der Waals surface area contributed by atoms with E-state index in [1.165, 1.54) is 6.07 Å². The summed E-state index contributed by atoms with van der Waals surface area (Å²) < 4.78 is 15.3. The molecule has 1 heterocycles. The molecule has 2 aromatic rings. The first kappa shape index (κ1) is 15.8. The molecule has 0 saturated carbocycles. The second kappa shape index (κ2) is 6.91. The summed E-state index contributed by atoms with van der Waals surface area (Å²) in [5.74, 6) is -0.898. The van der Waals surface area contributed by atoms with Crippen molar-refractivity contribution in [3.05, 3.63) is 52.3 Å². The number of carbonyl (C=O) groups excluding carboxylic acids is 1. The fourth-order valence-electron chi connectivity index (χ4n) is 1.88. The molecule has 4 nitrogen and oxygen atoms in total. The number of nitrogens with one attached hydrogen (secondary N) is 1. The van der Waals surface area contributed by atoms with E-state index in [0.29, 0.717) is 6.54 Å². The van der Waals surface area contributed by atoms with Crippen molar-refractivity contribution in [2.75, 3.05) is 6.54 Å². The third-order valence-corrected chi connectivity index (χ3v) is 3.55. The quantitative estimate of drug-likeness (QED) is 0.854. The molecule has 0 aliphatic heterocycles. The Morgan fingerprint density at radius 2 is 2.19 bits per heavy atom. The predicted molar refractivity (Wildman–Crippen MR) is 80.1 cm³/mol. The van der Waals surface area contributed by atoms with Gasteiger partial charge in [-0.3, -0.25) is 4.79 Å². The Balaban J connectivity index is 1.94. The fourth-order valence-corrected chi connectivity index (χ4v) is 2.35. The number of nitrogens with zero attached hydrogens (tertiary/aromatic N) is 2. The summed E-state index contributed by atoms with van der Waals surface area (Å²) in [5.41, 5.74) is 0.0772. The lowest BCUT2D eigenvalue weighted by Gasteiger charge is -2.14. The number of benzene rings is 1.